The Morgan fingerprint density at radius 1 is 0.839 bits per heavy atom. The Bertz CT molecular complexity index is 593. The first-order chi connectivity index (χ1) is 15.0. The number of aliphatic imine (C=N–C) groups is 1. The molecule has 2 aliphatic rings. The summed E-state index contributed by atoms with van der Waals surface area (Å²) in [6.45, 7) is 3.07. The van der Waals surface area contributed by atoms with Gasteiger partial charge in [-0.1, -0.05) is 90.4 Å². The second-order valence-electron chi connectivity index (χ2n) is 9.38. The molecule has 0 radical (unpaired) electrons. The monoisotopic (exact) mass is 435 g/mol. The number of hydrogen-bond donors (Lipinski definition) is 1. The molecule has 2 aliphatic heterocycles. The summed E-state index contributed by atoms with van der Waals surface area (Å²) in [6, 6.07) is -0.784. The first kappa shape index (κ1) is 25.5. The number of hydrogen-bond acceptors (Lipinski definition) is 5. The lowest BCUT2D eigenvalue weighted by molar-refractivity contribution is -0.127. The fourth-order valence-corrected chi connectivity index (χ4v) is 4.60. The number of nitrogens with zero attached hydrogens (tertiary/aromatic N) is 4. The second-order valence-corrected chi connectivity index (χ2v) is 9.38. The Kier molecular flexibility index (Phi) is 11.2. The molecule has 3 amide bonds. The molecule has 0 aromatic carbocycles. The maximum atomic E-state index is 12.5. The van der Waals surface area contributed by atoms with E-state index in [9.17, 15) is 9.59 Å². The molecule has 178 valence electrons. The molecule has 7 heteroatoms. The summed E-state index contributed by atoms with van der Waals surface area (Å²) in [4.78, 5) is 34.6. The Morgan fingerprint density at radius 2 is 1.32 bits per heavy atom. The summed E-state index contributed by atoms with van der Waals surface area (Å²) in [5.74, 6) is 0.556. The zero-order valence-electron chi connectivity index (χ0n) is 20.4. The van der Waals surface area contributed by atoms with Gasteiger partial charge in [-0.05, 0) is 6.42 Å². The van der Waals surface area contributed by atoms with Gasteiger partial charge in [0.15, 0.2) is 18.2 Å². The molecule has 0 aromatic rings. The van der Waals surface area contributed by atoms with Crippen LogP contribution in [-0.4, -0.2) is 72.5 Å². The molecule has 0 aromatic heterocycles. The van der Waals surface area contributed by atoms with Crippen molar-refractivity contribution in [2.75, 3.05) is 27.7 Å². The molecule has 1 N–H and O–H groups in total. The summed E-state index contributed by atoms with van der Waals surface area (Å²) < 4.78 is 0. The third-order valence-electron chi connectivity index (χ3n) is 6.49. The lowest BCUT2D eigenvalue weighted by atomic mass is 10.0. The van der Waals surface area contributed by atoms with Crippen molar-refractivity contribution in [3.8, 4) is 0 Å². The van der Waals surface area contributed by atoms with Crippen LogP contribution in [0.5, 0.6) is 0 Å². The Balaban J connectivity index is 1.58. The van der Waals surface area contributed by atoms with Crippen molar-refractivity contribution in [2.24, 2.45) is 4.99 Å². The van der Waals surface area contributed by atoms with Crippen molar-refractivity contribution >= 4 is 17.9 Å². The molecule has 7 nitrogen and oxygen atoms in total. The highest BCUT2D eigenvalue weighted by atomic mass is 16.2. The van der Waals surface area contributed by atoms with Crippen LogP contribution in [0.2, 0.25) is 0 Å². The van der Waals surface area contributed by atoms with Gasteiger partial charge >= 0.3 is 6.03 Å². The minimum atomic E-state index is -0.426. The molecule has 31 heavy (non-hydrogen) atoms. The molecule has 0 aliphatic carbocycles. The van der Waals surface area contributed by atoms with Crippen LogP contribution in [0, 0.1) is 0 Å². The zero-order valence-corrected chi connectivity index (χ0v) is 20.4. The van der Waals surface area contributed by atoms with Crippen molar-refractivity contribution in [1.29, 1.82) is 0 Å². The van der Waals surface area contributed by atoms with Crippen molar-refractivity contribution in [3.05, 3.63) is 0 Å². The van der Waals surface area contributed by atoms with E-state index in [-0.39, 0.29) is 11.9 Å². The summed E-state index contributed by atoms with van der Waals surface area (Å²) in [5, 5.41) is 2.46. The van der Waals surface area contributed by atoms with E-state index in [2.05, 4.69) is 22.1 Å². The van der Waals surface area contributed by atoms with Gasteiger partial charge in [-0.25, -0.2) is 9.79 Å². The predicted octanol–water partition coefficient (Wildman–Crippen LogP) is 4.58. The van der Waals surface area contributed by atoms with E-state index in [4.69, 9.17) is 0 Å². The van der Waals surface area contributed by atoms with E-state index in [0.717, 1.165) is 18.9 Å². The fourth-order valence-electron chi connectivity index (χ4n) is 4.60. The van der Waals surface area contributed by atoms with Crippen molar-refractivity contribution in [3.63, 3.8) is 0 Å². The van der Waals surface area contributed by atoms with Gasteiger partial charge in [0.05, 0.1) is 0 Å². The molecule has 1 fully saturated rings. The lowest BCUT2D eigenvalue weighted by Gasteiger charge is -2.36. The van der Waals surface area contributed by atoms with Crippen molar-refractivity contribution in [2.45, 2.75) is 109 Å². The number of unbranched alkanes of at least 4 members (excludes halogenated alkanes) is 13. The van der Waals surface area contributed by atoms with E-state index in [1.165, 1.54) is 88.4 Å². The van der Waals surface area contributed by atoms with Crippen LogP contribution in [0.25, 0.3) is 0 Å². The van der Waals surface area contributed by atoms with Gasteiger partial charge in [0, 0.05) is 27.7 Å². The average molecular weight is 436 g/mol. The molecule has 0 bridgehead atoms. The largest absolute Gasteiger partial charge is 0.349 e. The maximum absolute atomic E-state index is 12.5. The number of fused-ring (bicyclic) bond motifs is 1. The lowest BCUT2D eigenvalue weighted by Crippen LogP contribution is -2.64. The quantitative estimate of drug-likeness (QED) is 0.382. The van der Waals surface area contributed by atoms with E-state index < -0.39 is 12.2 Å². The number of guanidine groups is 1. The smallest absolute Gasteiger partial charge is 0.325 e. The normalized spacial score (nSPS) is 20.7. The maximum Gasteiger partial charge on any atom is 0.325 e. The minimum absolute atomic E-state index is 0.237. The highest BCUT2D eigenvalue weighted by Gasteiger charge is 2.48. The average Bonchev–Trinajstić information content (AvgIpc) is 3.13. The van der Waals surface area contributed by atoms with Gasteiger partial charge in [-0.15, -0.1) is 0 Å². The van der Waals surface area contributed by atoms with E-state index in [1.807, 2.05) is 19.0 Å². The number of carbonyl (C=O) groups is 2. The number of nitrogens with one attached hydrogen (secondary N) is 1. The van der Waals surface area contributed by atoms with Crippen LogP contribution in [0.15, 0.2) is 4.99 Å². The minimum Gasteiger partial charge on any atom is -0.349 e. The van der Waals surface area contributed by atoms with Gasteiger partial charge in [-0.2, -0.15) is 0 Å². The first-order valence-electron chi connectivity index (χ1n) is 12.6. The van der Waals surface area contributed by atoms with Crippen LogP contribution in [0.3, 0.4) is 0 Å². The molecular formula is C24H45N5O2. The highest BCUT2D eigenvalue weighted by molar-refractivity contribution is 6.03. The van der Waals surface area contributed by atoms with Crippen molar-refractivity contribution in [1.82, 2.24) is 20.0 Å². The summed E-state index contributed by atoms with van der Waals surface area (Å²) in [7, 11) is 5.58. The molecule has 2 rings (SSSR count). The Labute approximate surface area is 189 Å². The molecule has 0 spiro atoms. The van der Waals surface area contributed by atoms with Gasteiger partial charge in [-0.3, -0.25) is 10.1 Å². The van der Waals surface area contributed by atoms with E-state index >= 15 is 0 Å². The summed E-state index contributed by atoms with van der Waals surface area (Å²) >= 11 is 0. The fraction of sp³-hybridized carbons (Fsp3) is 0.875. The first-order valence-corrected chi connectivity index (χ1v) is 12.6. The Morgan fingerprint density at radius 3 is 1.81 bits per heavy atom. The summed E-state index contributed by atoms with van der Waals surface area (Å²) in [6.07, 6.45) is 18.2. The SMILES string of the molecule is CCCCCCCCCCCCCCCCN1C(N(C)C)=NC2C1C(=O)NC(=O)N2C. The van der Waals surface area contributed by atoms with Crippen LogP contribution < -0.4 is 5.32 Å². The molecule has 2 atom stereocenters. The van der Waals surface area contributed by atoms with Crippen molar-refractivity contribution < 1.29 is 9.59 Å². The third-order valence-corrected chi connectivity index (χ3v) is 6.49. The number of imide groups is 1. The topological polar surface area (TPSA) is 68.2 Å². The standard InChI is InChI=1S/C24H45N5O2/c1-5-6-7-8-9-10-11-12-13-14-15-16-17-18-19-29-20-21(25-23(29)27(2)3)28(4)24(31)26-22(20)30/h20-21H,5-19H2,1-4H3,(H,26,30,31). The van der Waals surface area contributed by atoms with E-state index in [0.29, 0.717) is 0 Å². The number of rotatable bonds is 15. The molecular weight excluding hydrogens is 390 g/mol. The van der Waals surface area contributed by atoms with Gasteiger partial charge in [0.25, 0.3) is 5.91 Å². The molecule has 2 heterocycles. The van der Waals surface area contributed by atoms with Crippen LogP contribution in [0.4, 0.5) is 4.79 Å². The highest BCUT2D eigenvalue weighted by Crippen LogP contribution is 2.25. The summed E-state index contributed by atoms with van der Waals surface area (Å²) in [5.41, 5.74) is 0. The van der Waals surface area contributed by atoms with E-state index in [1.54, 1.807) is 7.05 Å². The van der Waals surface area contributed by atoms with Gasteiger partial charge < -0.3 is 14.7 Å². The number of carbonyl (C=O) groups excluding carboxylic acids is 2. The van der Waals surface area contributed by atoms with Crippen LogP contribution >= 0.6 is 0 Å². The van der Waals surface area contributed by atoms with Gasteiger partial charge in [0.2, 0.25) is 0 Å². The Hall–Kier alpha value is -1.79. The van der Waals surface area contributed by atoms with Crippen LogP contribution in [0.1, 0.15) is 96.8 Å². The van der Waals surface area contributed by atoms with Gasteiger partial charge in [0.1, 0.15) is 0 Å². The molecule has 1 saturated heterocycles. The second kappa shape index (κ2) is 13.6. The third kappa shape index (κ3) is 7.69. The zero-order chi connectivity index (χ0) is 22.6. The predicted molar refractivity (Wildman–Crippen MR) is 127 cm³/mol. The number of amides is 3. The molecule has 2 unspecified atom stereocenters. The number of urea groups is 1. The molecule has 0 saturated carbocycles. The van der Waals surface area contributed by atoms with Crippen LogP contribution in [-0.2, 0) is 4.79 Å². The number of likely N-dealkylation sites (N-methyl/N-ethyl adjacent to an activating group) is 1.